The molecule has 6 heteroatoms. The van der Waals surface area contributed by atoms with Crippen molar-refractivity contribution in [1.29, 1.82) is 0 Å². The highest BCUT2D eigenvalue weighted by Gasteiger charge is 2.46. The summed E-state index contributed by atoms with van der Waals surface area (Å²) in [5, 5.41) is 11.2. The Morgan fingerprint density at radius 3 is 2.39 bits per heavy atom. The van der Waals surface area contributed by atoms with E-state index in [1.807, 2.05) is 50.2 Å². The second-order valence-corrected chi connectivity index (χ2v) is 8.31. The van der Waals surface area contributed by atoms with Crippen LogP contribution in [0.2, 0.25) is 0 Å². The van der Waals surface area contributed by atoms with Gasteiger partial charge in [0.2, 0.25) is 0 Å². The van der Waals surface area contributed by atoms with Crippen LogP contribution in [0.25, 0.3) is 5.76 Å². The van der Waals surface area contributed by atoms with E-state index in [2.05, 4.69) is 18.7 Å². The molecule has 1 heterocycles. The predicted molar refractivity (Wildman–Crippen MR) is 130 cm³/mol. The molecule has 0 bridgehead atoms. The Morgan fingerprint density at radius 2 is 1.76 bits per heavy atom. The molecule has 33 heavy (non-hydrogen) atoms. The van der Waals surface area contributed by atoms with Gasteiger partial charge in [0.05, 0.1) is 18.2 Å². The average molecular weight is 451 g/mol. The molecule has 0 spiro atoms. The molecule has 0 aliphatic carbocycles. The number of carbonyl (C=O) groups is 2. The molecule has 6 nitrogen and oxygen atoms in total. The molecule has 0 aromatic heterocycles. The van der Waals surface area contributed by atoms with E-state index >= 15 is 0 Å². The van der Waals surface area contributed by atoms with Gasteiger partial charge in [-0.1, -0.05) is 62.7 Å². The highest BCUT2D eigenvalue weighted by Crippen LogP contribution is 2.40. The first kappa shape index (κ1) is 24.5. The zero-order valence-corrected chi connectivity index (χ0v) is 20.0. The maximum atomic E-state index is 13.2. The lowest BCUT2D eigenvalue weighted by molar-refractivity contribution is -0.140. The summed E-state index contributed by atoms with van der Waals surface area (Å²) in [6.45, 7) is 11.5. The van der Waals surface area contributed by atoms with Crippen LogP contribution in [0.1, 0.15) is 49.9 Å². The van der Waals surface area contributed by atoms with Crippen molar-refractivity contribution >= 4 is 17.4 Å². The molecule has 1 saturated heterocycles. The van der Waals surface area contributed by atoms with Crippen LogP contribution in [0.5, 0.6) is 5.75 Å². The molecule has 176 valence electrons. The number of aliphatic hydroxyl groups is 1. The minimum Gasteiger partial charge on any atom is -0.507 e. The summed E-state index contributed by atoms with van der Waals surface area (Å²) in [6.07, 6.45) is 0.875. The lowest BCUT2D eigenvalue weighted by Crippen LogP contribution is -2.38. The van der Waals surface area contributed by atoms with Gasteiger partial charge in [-0.25, -0.2) is 0 Å². The minimum absolute atomic E-state index is 0.121. The molecule has 0 saturated carbocycles. The minimum atomic E-state index is -0.674. The lowest BCUT2D eigenvalue weighted by atomic mass is 9.95. The summed E-state index contributed by atoms with van der Waals surface area (Å²) >= 11 is 0. The van der Waals surface area contributed by atoms with Gasteiger partial charge in [0.1, 0.15) is 11.5 Å². The Bertz CT molecular complexity index is 1010. The average Bonchev–Trinajstić information content (AvgIpc) is 3.08. The number of hydrogen-bond donors (Lipinski definition) is 1. The number of likely N-dealkylation sites (N-methyl/N-ethyl adjacent to an activating group) is 1. The molecular weight excluding hydrogens is 416 g/mol. The molecule has 0 unspecified atom stereocenters. The van der Waals surface area contributed by atoms with Crippen molar-refractivity contribution < 1.29 is 19.4 Å². The predicted octanol–water partition coefficient (Wildman–Crippen LogP) is 4.55. The van der Waals surface area contributed by atoms with Crippen LogP contribution < -0.4 is 4.74 Å². The summed E-state index contributed by atoms with van der Waals surface area (Å²) < 4.78 is 5.80. The molecule has 1 atom stereocenters. The van der Waals surface area contributed by atoms with Crippen LogP contribution in [0.15, 0.2) is 54.1 Å². The fourth-order valence-corrected chi connectivity index (χ4v) is 4.11. The molecule has 1 fully saturated rings. The normalized spacial score (nSPS) is 17.7. The molecule has 1 amide bonds. The number of ketones is 1. The van der Waals surface area contributed by atoms with E-state index in [0.29, 0.717) is 31.0 Å². The molecule has 1 aliphatic rings. The maximum absolute atomic E-state index is 13.2. The first-order valence-corrected chi connectivity index (χ1v) is 11.7. The Balaban J connectivity index is 2.08. The third-order valence-electron chi connectivity index (χ3n) is 6.06. The molecule has 2 aromatic rings. The van der Waals surface area contributed by atoms with Crippen LogP contribution >= 0.6 is 0 Å². The topological polar surface area (TPSA) is 70.1 Å². The molecule has 2 aromatic carbocycles. The van der Waals surface area contributed by atoms with E-state index in [9.17, 15) is 14.7 Å². The number of carbonyl (C=O) groups excluding carboxylic acids is 2. The quantitative estimate of drug-likeness (QED) is 0.327. The second kappa shape index (κ2) is 11.1. The van der Waals surface area contributed by atoms with E-state index in [-0.39, 0.29) is 11.3 Å². The van der Waals surface area contributed by atoms with Crippen LogP contribution in [0.3, 0.4) is 0 Å². The third-order valence-corrected chi connectivity index (χ3v) is 6.06. The molecule has 0 radical (unpaired) electrons. The van der Waals surface area contributed by atoms with Gasteiger partial charge >= 0.3 is 0 Å². The highest BCUT2D eigenvalue weighted by molar-refractivity contribution is 6.46. The van der Waals surface area contributed by atoms with E-state index in [0.717, 1.165) is 30.6 Å². The number of rotatable bonds is 10. The Labute approximate surface area is 196 Å². The van der Waals surface area contributed by atoms with Gasteiger partial charge in [0.15, 0.2) is 0 Å². The standard InChI is InChI=1S/C27H34N2O4/c1-5-17-33-22-10-8-9-21(18-22)24-23(25(30)20-13-11-19(4)12-14-20)26(31)27(32)29(24)16-15-28(6-2)7-3/h8-14,18,24,30H,5-7,15-17H2,1-4H3/b25-23+/t24-/m1/s1. The largest absolute Gasteiger partial charge is 0.507 e. The number of amides is 1. The monoisotopic (exact) mass is 450 g/mol. The van der Waals surface area contributed by atoms with E-state index in [1.54, 1.807) is 17.0 Å². The van der Waals surface area contributed by atoms with Crippen molar-refractivity contribution in [1.82, 2.24) is 9.80 Å². The van der Waals surface area contributed by atoms with Crippen molar-refractivity contribution in [3.8, 4) is 5.75 Å². The third kappa shape index (κ3) is 5.45. The zero-order valence-electron chi connectivity index (χ0n) is 20.0. The fraction of sp³-hybridized carbons (Fsp3) is 0.407. The maximum Gasteiger partial charge on any atom is 0.295 e. The van der Waals surface area contributed by atoms with Gasteiger partial charge in [0, 0.05) is 18.7 Å². The number of hydrogen-bond acceptors (Lipinski definition) is 5. The molecule has 3 rings (SSSR count). The van der Waals surface area contributed by atoms with Gasteiger partial charge < -0.3 is 19.6 Å². The summed E-state index contributed by atoms with van der Waals surface area (Å²) in [5.74, 6) is -0.708. The summed E-state index contributed by atoms with van der Waals surface area (Å²) in [7, 11) is 0. The Morgan fingerprint density at radius 1 is 1.06 bits per heavy atom. The van der Waals surface area contributed by atoms with Crippen molar-refractivity contribution in [2.45, 2.75) is 40.2 Å². The van der Waals surface area contributed by atoms with Crippen molar-refractivity contribution in [2.24, 2.45) is 0 Å². The number of Topliss-reactive ketones (excluding diaryl/α,β-unsaturated/α-hetero) is 1. The van der Waals surface area contributed by atoms with E-state index < -0.39 is 17.7 Å². The lowest BCUT2D eigenvalue weighted by Gasteiger charge is -2.28. The SMILES string of the molecule is CCCOc1cccc([C@@H]2/C(=C(\O)c3ccc(C)cc3)C(=O)C(=O)N2CCN(CC)CC)c1. The Kier molecular flexibility index (Phi) is 8.28. The van der Waals surface area contributed by atoms with Gasteiger partial charge in [0.25, 0.3) is 11.7 Å². The summed E-state index contributed by atoms with van der Waals surface area (Å²) in [5.41, 5.74) is 2.43. The van der Waals surface area contributed by atoms with Gasteiger partial charge in [-0.05, 0) is 44.1 Å². The zero-order chi connectivity index (χ0) is 24.0. The number of ether oxygens (including phenoxy) is 1. The number of aryl methyl sites for hydroxylation is 1. The Hall–Kier alpha value is -3.12. The van der Waals surface area contributed by atoms with Gasteiger partial charge in [-0.15, -0.1) is 0 Å². The fourth-order valence-electron chi connectivity index (χ4n) is 4.11. The van der Waals surface area contributed by atoms with E-state index in [1.165, 1.54) is 0 Å². The van der Waals surface area contributed by atoms with Crippen LogP contribution in [0.4, 0.5) is 0 Å². The van der Waals surface area contributed by atoms with Crippen LogP contribution in [-0.2, 0) is 9.59 Å². The molecule has 1 aliphatic heterocycles. The van der Waals surface area contributed by atoms with E-state index in [4.69, 9.17) is 4.74 Å². The van der Waals surface area contributed by atoms with Gasteiger partial charge in [-0.3, -0.25) is 9.59 Å². The summed E-state index contributed by atoms with van der Waals surface area (Å²) in [6, 6.07) is 14.1. The first-order chi connectivity index (χ1) is 15.9. The van der Waals surface area contributed by atoms with Crippen LogP contribution in [0, 0.1) is 6.92 Å². The highest BCUT2D eigenvalue weighted by atomic mass is 16.5. The summed E-state index contributed by atoms with van der Waals surface area (Å²) in [4.78, 5) is 30.1. The number of nitrogens with zero attached hydrogens (tertiary/aromatic N) is 2. The molecular formula is C27H34N2O4. The van der Waals surface area contributed by atoms with Crippen molar-refractivity contribution in [3.63, 3.8) is 0 Å². The van der Waals surface area contributed by atoms with Crippen LogP contribution in [-0.4, -0.2) is 59.4 Å². The van der Waals surface area contributed by atoms with Gasteiger partial charge in [-0.2, -0.15) is 0 Å². The number of aliphatic hydroxyl groups excluding tert-OH is 1. The molecule has 1 N–H and O–H groups in total. The van der Waals surface area contributed by atoms with Crippen molar-refractivity contribution in [3.05, 3.63) is 70.8 Å². The second-order valence-electron chi connectivity index (χ2n) is 8.31. The van der Waals surface area contributed by atoms with Crippen molar-refractivity contribution in [2.75, 3.05) is 32.8 Å². The first-order valence-electron chi connectivity index (χ1n) is 11.7. The number of likely N-dealkylation sites (tertiary alicyclic amines) is 1. The number of benzene rings is 2. The smallest absolute Gasteiger partial charge is 0.295 e.